The van der Waals surface area contributed by atoms with Crippen molar-refractivity contribution in [2.24, 2.45) is 0 Å². The Labute approximate surface area is 171 Å². The lowest BCUT2D eigenvalue weighted by Gasteiger charge is -2.34. The number of amides is 1. The third-order valence-electron chi connectivity index (χ3n) is 4.75. The molecule has 6 nitrogen and oxygen atoms in total. The minimum atomic E-state index is -0.471. The van der Waals surface area contributed by atoms with E-state index in [2.05, 4.69) is 4.98 Å². The van der Waals surface area contributed by atoms with Crippen molar-refractivity contribution in [1.29, 1.82) is 5.26 Å². The summed E-state index contributed by atoms with van der Waals surface area (Å²) < 4.78 is 19.8. The van der Waals surface area contributed by atoms with Gasteiger partial charge in [-0.15, -0.1) is 0 Å². The summed E-state index contributed by atoms with van der Waals surface area (Å²) in [6.45, 7) is 1.83. The van der Waals surface area contributed by atoms with Gasteiger partial charge in [0, 0.05) is 36.8 Å². The van der Waals surface area contributed by atoms with Crippen molar-refractivity contribution >= 4 is 23.4 Å². The second kappa shape index (κ2) is 7.94. The molecule has 0 aliphatic carbocycles. The summed E-state index contributed by atoms with van der Waals surface area (Å²) in [5.74, 6) is -0.216. The Morgan fingerprint density at radius 2 is 1.90 bits per heavy atom. The van der Waals surface area contributed by atoms with Crippen molar-refractivity contribution in [2.75, 3.05) is 31.1 Å². The van der Waals surface area contributed by atoms with Crippen LogP contribution in [0.1, 0.15) is 16.1 Å². The Balaban J connectivity index is 1.51. The van der Waals surface area contributed by atoms with Gasteiger partial charge in [-0.2, -0.15) is 10.2 Å². The fourth-order valence-electron chi connectivity index (χ4n) is 3.27. The second-order valence-corrected chi connectivity index (χ2v) is 6.99. The number of nitrogens with zero attached hydrogens (tertiary/aromatic N) is 4. The van der Waals surface area contributed by atoms with Crippen molar-refractivity contribution in [1.82, 2.24) is 9.88 Å². The minimum Gasteiger partial charge on any atom is -0.419 e. The van der Waals surface area contributed by atoms with Gasteiger partial charge in [0.15, 0.2) is 0 Å². The summed E-state index contributed by atoms with van der Waals surface area (Å²) in [6, 6.07) is 14.9. The van der Waals surface area contributed by atoms with E-state index in [-0.39, 0.29) is 23.1 Å². The molecule has 2 aromatic carbocycles. The molecule has 1 aliphatic rings. The normalized spacial score (nSPS) is 14.0. The predicted octanol–water partition coefficient (Wildman–Crippen LogP) is 3.97. The maximum absolute atomic E-state index is 14.0. The lowest BCUT2D eigenvalue weighted by atomic mass is 10.2. The van der Waals surface area contributed by atoms with Gasteiger partial charge in [0.1, 0.15) is 11.9 Å². The SMILES string of the molecule is N#Cc1nc(-c2ccccc2F)oc1N1CCN(C(=O)c2cccc(Cl)c2)CC1. The largest absolute Gasteiger partial charge is 0.419 e. The minimum absolute atomic E-state index is 0.0621. The standard InChI is InChI=1S/C21H16ClFN4O2/c22-15-5-3-4-14(12-15)20(28)26-8-10-27(11-9-26)21-18(13-24)25-19(29-21)16-6-1-2-7-17(16)23/h1-7,12H,8-11H2. The molecule has 1 fully saturated rings. The number of halogens is 2. The van der Waals surface area contributed by atoms with Crippen molar-refractivity contribution in [3.63, 3.8) is 0 Å². The lowest BCUT2D eigenvalue weighted by molar-refractivity contribution is 0.0745. The molecule has 2 heterocycles. The molecule has 8 heteroatoms. The number of carbonyl (C=O) groups is 1. The Morgan fingerprint density at radius 1 is 1.14 bits per heavy atom. The first kappa shape index (κ1) is 19.0. The molecule has 0 spiro atoms. The van der Waals surface area contributed by atoms with Crippen LogP contribution >= 0.6 is 11.6 Å². The van der Waals surface area contributed by atoms with Crippen LogP contribution < -0.4 is 4.90 Å². The van der Waals surface area contributed by atoms with Gasteiger partial charge in [-0.25, -0.2) is 4.39 Å². The molecule has 0 saturated carbocycles. The number of aromatic nitrogens is 1. The zero-order valence-electron chi connectivity index (χ0n) is 15.3. The quantitative estimate of drug-likeness (QED) is 0.653. The van der Waals surface area contributed by atoms with Crippen LogP contribution in [0.2, 0.25) is 5.02 Å². The van der Waals surface area contributed by atoms with E-state index in [0.29, 0.717) is 42.6 Å². The van der Waals surface area contributed by atoms with Crippen molar-refractivity contribution in [3.8, 4) is 17.5 Å². The molecule has 0 atom stereocenters. The number of piperazine rings is 1. The third-order valence-corrected chi connectivity index (χ3v) is 4.98. The maximum Gasteiger partial charge on any atom is 0.254 e. The van der Waals surface area contributed by atoms with E-state index < -0.39 is 5.82 Å². The van der Waals surface area contributed by atoms with Gasteiger partial charge in [-0.1, -0.05) is 29.8 Å². The molecular weight excluding hydrogens is 395 g/mol. The van der Waals surface area contributed by atoms with Crippen LogP contribution in [0.3, 0.4) is 0 Å². The van der Waals surface area contributed by atoms with Crippen LogP contribution in [0.15, 0.2) is 52.9 Å². The predicted molar refractivity (Wildman–Crippen MR) is 106 cm³/mol. The van der Waals surface area contributed by atoms with Gasteiger partial charge in [-0.05, 0) is 30.3 Å². The number of carbonyl (C=O) groups excluding carboxylic acids is 1. The maximum atomic E-state index is 14.0. The first-order chi connectivity index (χ1) is 14.1. The van der Waals surface area contributed by atoms with Gasteiger partial charge in [-0.3, -0.25) is 4.79 Å². The lowest BCUT2D eigenvalue weighted by Crippen LogP contribution is -2.48. The molecular formula is C21H16ClFN4O2. The van der Waals surface area contributed by atoms with Crippen molar-refractivity contribution in [2.45, 2.75) is 0 Å². The molecule has 4 rings (SSSR count). The van der Waals surface area contributed by atoms with E-state index in [1.54, 1.807) is 47.4 Å². The molecule has 29 heavy (non-hydrogen) atoms. The Bertz CT molecular complexity index is 1100. The summed E-state index contributed by atoms with van der Waals surface area (Å²) in [5.41, 5.74) is 0.827. The average molecular weight is 411 g/mol. The fourth-order valence-corrected chi connectivity index (χ4v) is 3.46. The Kier molecular flexibility index (Phi) is 5.19. The summed E-state index contributed by atoms with van der Waals surface area (Å²) in [5, 5.41) is 9.93. The molecule has 0 radical (unpaired) electrons. The number of hydrogen-bond acceptors (Lipinski definition) is 5. The summed E-state index contributed by atoms with van der Waals surface area (Å²) in [7, 11) is 0. The molecule has 1 amide bonds. The monoisotopic (exact) mass is 410 g/mol. The summed E-state index contributed by atoms with van der Waals surface area (Å²) in [4.78, 5) is 20.4. The van der Waals surface area contributed by atoms with Gasteiger partial charge < -0.3 is 14.2 Å². The highest BCUT2D eigenvalue weighted by molar-refractivity contribution is 6.30. The molecule has 0 N–H and O–H groups in total. The topological polar surface area (TPSA) is 73.4 Å². The van der Waals surface area contributed by atoms with E-state index in [1.807, 2.05) is 11.0 Å². The van der Waals surface area contributed by atoms with Crippen molar-refractivity contribution < 1.29 is 13.6 Å². The highest BCUT2D eigenvalue weighted by atomic mass is 35.5. The summed E-state index contributed by atoms with van der Waals surface area (Å²) in [6.07, 6.45) is 0. The van der Waals surface area contributed by atoms with E-state index in [4.69, 9.17) is 16.0 Å². The first-order valence-electron chi connectivity index (χ1n) is 9.02. The highest BCUT2D eigenvalue weighted by Crippen LogP contribution is 2.30. The zero-order chi connectivity index (χ0) is 20.4. The van der Waals surface area contributed by atoms with Crippen LogP contribution in [0.4, 0.5) is 10.3 Å². The number of nitriles is 1. The van der Waals surface area contributed by atoms with Crippen LogP contribution in [-0.4, -0.2) is 42.0 Å². The van der Waals surface area contributed by atoms with Gasteiger partial charge in [0.2, 0.25) is 17.5 Å². The number of anilines is 1. The van der Waals surface area contributed by atoms with E-state index in [1.165, 1.54) is 6.07 Å². The van der Waals surface area contributed by atoms with Crippen LogP contribution in [0.5, 0.6) is 0 Å². The van der Waals surface area contributed by atoms with Gasteiger partial charge >= 0.3 is 0 Å². The molecule has 1 saturated heterocycles. The summed E-state index contributed by atoms with van der Waals surface area (Å²) >= 11 is 5.97. The number of rotatable bonds is 3. The van der Waals surface area contributed by atoms with E-state index in [9.17, 15) is 14.4 Å². The highest BCUT2D eigenvalue weighted by Gasteiger charge is 2.27. The number of oxazole rings is 1. The van der Waals surface area contributed by atoms with Crippen LogP contribution in [0.25, 0.3) is 11.5 Å². The molecule has 0 unspecified atom stereocenters. The van der Waals surface area contributed by atoms with Crippen molar-refractivity contribution in [3.05, 3.63) is 70.6 Å². The fraction of sp³-hybridized carbons (Fsp3) is 0.190. The number of hydrogen-bond donors (Lipinski definition) is 0. The van der Waals surface area contributed by atoms with Gasteiger partial charge in [0.05, 0.1) is 5.56 Å². The first-order valence-corrected chi connectivity index (χ1v) is 9.40. The van der Waals surface area contributed by atoms with E-state index in [0.717, 1.165) is 0 Å². The molecule has 146 valence electrons. The average Bonchev–Trinajstić information content (AvgIpc) is 3.18. The van der Waals surface area contributed by atoms with Crippen LogP contribution in [-0.2, 0) is 0 Å². The smallest absolute Gasteiger partial charge is 0.254 e. The Hall–Kier alpha value is -3.37. The molecule has 3 aromatic rings. The second-order valence-electron chi connectivity index (χ2n) is 6.55. The zero-order valence-corrected chi connectivity index (χ0v) is 16.1. The molecule has 1 aromatic heterocycles. The Morgan fingerprint density at radius 3 is 2.59 bits per heavy atom. The molecule has 0 bridgehead atoms. The third kappa shape index (κ3) is 3.80. The van der Waals surface area contributed by atoms with Gasteiger partial charge in [0.25, 0.3) is 5.91 Å². The van der Waals surface area contributed by atoms with Crippen LogP contribution in [0, 0.1) is 17.1 Å². The van der Waals surface area contributed by atoms with E-state index >= 15 is 0 Å². The molecule has 1 aliphatic heterocycles. The number of benzene rings is 2.